The maximum atomic E-state index is 10.4. The van der Waals surface area contributed by atoms with E-state index in [2.05, 4.69) is 57.0 Å². The average Bonchev–Trinajstić information content (AvgIpc) is 2.47. The lowest BCUT2D eigenvalue weighted by Gasteiger charge is -2.39. The van der Waals surface area contributed by atoms with Crippen LogP contribution in [-0.4, -0.2) is 29.6 Å². The highest BCUT2D eigenvalue weighted by molar-refractivity contribution is 5.24. The zero-order valence-corrected chi connectivity index (χ0v) is 14.1. The second-order valence-electron chi connectivity index (χ2n) is 7.45. The van der Waals surface area contributed by atoms with E-state index in [0.717, 1.165) is 18.5 Å². The molecule has 21 heavy (non-hydrogen) atoms. The summed E-state index contributed by atoms with van der Waals surface area (Å²) in [6, 6.07) is 9.02. The quantitative estimate of drug-likeness (QED) is 0.879. The molecule has 118 valence electrons. The van der Waals surface area contributed by atoms with E-state index in [9.17, 15) is 5.11 Å². The van der Waals surface area contributed by atoms with Gasteiger partial charge in [0.05, 0.1) is 6.10 Å². The van der Waals surface area contributed by atoms with Crippen molar-refractivity contribution in [3.8, 4) is 0 Å². The van der Waals surface area contributed by atoms with Crippen molar-refractivity contribution in [1.82, 2.24) is 4.90 Å². The molecule has 0 spiro atoms. The lowest BCUT2D eigenvalue weighted by Crippen LogP contribution is -2.39. The molecule has 1 fully saturated rings. The van der Waals surface area contributed by atoms with Gasteiger partial charge < -0.3 is 10.0 Å². The van der Waals surface area contributed by atoms with Gasteiger partial charge in [-0.15, -0.1) is 0 Å². The van der Waals surface area contributed by atoms with Crippen molar-refractivity contribution in [2.24, 2.45) is 5.41 Å². The molecule has 1 aliphatic carbocycles. The number of hydrogen-bond acceptors (Lipinski definition) is 2. The number of aliphatic hydroxyl groups is 1. The molecule has 2 heteroatoms. The molecule has 1 aliphatic rings. The summed E-state index contributed by atoms with van der Waals surface area (Å²) in [7, 11) is 2.16. The van der Waals surface area contributed by atoms with Gasteiger partial charge in [-0.2, -0.15) is 0 Å². The van der Waals surface area contributed by atoms with Crippen LogP contribution in [0.15, 0.2) is 24.3 Å². The van der Waals surface area contributed by atoms with Crippen LogP contribution in [0.1, 0.15) is 63.7 Å². The molecule has 0 radical (unpaired) electrons. The maximum Gasteiger partial charge on any atom is 0.0916 e. The summed E-state index contributed by atoms with van der Waals surface area (Å²) >= 11 is 0. The van der Waals surface area contributed by atoms with Crippen molar-refractivity contribution in [2.45, 2.75) is 65.0 Å². The fourth-order valence-electron chi connectivity index (χ4n) is 3.33. The first kappa shape index (κ1) is 16.5. The minimum absolute atomic E-state index is 0.379. The largest absolute Gasteiger partial charge is 0.387 e. The van der Waals surface area contributed by atoms with Crippen LogP contribution in [0.25, 0.3) is 0 Å². The Kier molecular flexibility index (Phi) is 5.45. The number of hydrogen-bond donors (Lipinski definition) is 1. The van der Waals surface area contributed by atoms with Crippen molar-refractivity contribution in [3.63, 3.8) is 0 Å². The van der Waals surface area contributed by atoms with E-state index in [0.29, 0.717) is 11.5 Å². The summed E-state index contributed by atoms with van der Waals surface area (Å²) in [4.78, 5) is 2.35. The van der Waals surface area contributed by atoms with Crippen LogP contribution in [0.3, 0.4) is 0 Å². The Balaban J connectivity index is 1.88. The van der Waals surface area contributed by atoms with E-state index in [1.807, 2.05) is 0 Å². The van der Waals surface area contributed by atoms with E-state index >= 15 is 0 Å². The summed E-state index contributed by atoms with van der Waals surface area (Å²) in [6.07, 6.45) is 5.77. The molecule has 0 heterocycles. The number of likely N-dealkylation sites (N-methyl/N-ethyl adjacent to an activating group) is 1. The first-order chi connectivity index (χ1) is 9.91. The Morgan fingerprint density at radius 3 is 2.29 bits per heavy atom. The Morgan fingerprint density at radius 2 is 1.76 bits per heavy atom. The minimum Gasteiger partial charge on any atom is -0.387 e. The summed E-state index contributed by atoms with van der Waals surface area (Å²) in [5.41, 5.74) is 2.87. The molecule has 1 N–H and O–H groups in total. The number of aliphatic hydroxyl groups excluding tert-OH is 1. The van der Waals surface area contributed by atoms with E-state index in [1.165, 1.54) is 31.2 Å². The molecule has 2 rings (SSSR count). The summed E-state index contributed by atoms with van der Waals surface area (Å²) < 4.78 is 0. The number of benzene rings is 1. The molecule has 0 saturated heterocycles. The van der Waals surface area contributed by atoms with Crippen LogP contribution in [-0.2, 0) is 6.42 Å². The number of nitrogens with zero attached hydrogens (tertiary/aromatic N) is 1. The summed E-state index contributed by atoms with van der Waals surface area (Å²) in [5, 5.41) is 10.4. The monoisotopic (exact) mass is 289 g/mol. The molecule has 0 bridgehead atoms. The third-order valence-corrected chi connectivity index (χ3v) is 5.17. The smallest absolute Gasteiger partial charge is 0.0916 e. The van der Waals surface area contributed by atoms with Gasteiger partial charge in [-0.3, -0.25) is 0 Å². The molecule has 0 amide bonds. The average molecular weight is 289 g/mol. The zero-order valence-electron chi connectivity index (χ0n) is 14.1. The van der Waals surface area contributed by atoms with Crippen LogP contribution < -0.4 is 0 Å². The molecule has 1 atom stereocenters. The van der Waals surface area contributed by atoms with Gasteiger partial charge >= 0.3 is 0 Å². The third kappa shape index (κ3) is 4.55. The van der Waals surface area contributed by atoms with Crippen LogP contribution in [0.5, 0.6) is 0 Å². The van der Waals surface area contributed by atoms with E-state index in [4.69, 9.17) is 0 Å². The second-order valence-corrected chi connectivity index (χ2v) is 7.45. The van der Waals surface area contributed by atoms with Gasteiger partial charge in [-0.05, 0) is 55.7 Å². The molecule has 0 aliphatic heterocycles. The van der Waals surface area contributed by atoms with Crippen molar-refractivity contribution in [3.05, 3.63) is 35.4 Å². The fraction of sp³-hybridized carbons (Fsp3) is 0.684. The maximum absolute atomic E-state index is 10.4. The lowest BCUT2D eigenvalue weighted by atomic mass is 9.75. The zero-order chi connectivity index (χ0) is 15.5. The molecule has 2 nitrogen and oxygen atoms in total. The number of rotatable bonds is 5. The van der Waals surface area contributed by atoms with Crippen molar-refractivity contribution < 1.29 is 5.11 Å². The van der Waals surface area contributed by atoms with Crippen molar-refractivity contribution >= 4 is 0 Å². The SMILES string of the molecule is CCc1ccc(C(O)CN(C)C2CCC(C)(C)CC2)cc1. The first-order valence-electron chi connectivity index (χ1n) is 8.38. The Hall–Kier alpha value is -0.860. The lowest BCUT2D eigenvalue weighted by molar-refractivity contribution is 0.0722. The molecule has 1 unspecified atom stereocenters. The van der Waals surface area contributed by atoms with E-state index < -0.39 is 0 Å². The Labute approximate surface area is 130 Å². The Morgan fingerprint density at radius 1 is 1.19 bits per heavy atom. The molecular formula is C19H31NO. The van der Waals surface area contributed by atoms with E-state index in [1.54, 1.807) is 0 Å². The molecule has 0 aromatic heterocycles. The van der Waals surface area contributed by atoms with E-state index in [-0.39, 0.29) is 6.10 Å². The van der Waals surface area contributed by atoms with Gasteiger partial charge in [0.1, 0.15) is 0 Å². The highest BCUT2D eigenvalue weighted by Crippen LogP contribution is 2.36. The summed E-state index contributed by atoms with van der Waals surface area (Å²) in [6.45, 7) is 7.63. The van der Waals surface area contributed by atoms with Crippen molar-refractivity contribution in [1.29, 1.82) is 0 Å². The van der Waals surface area contributed by atoms with Crippen LogP contribution in [0.2, 0.25) is 0 Å². The third-order valence-electron chi connectivity index (χ3n) is 5.17. The second kappa shape index (κ2) is 6.93. The highest BCUT2D eigenvalue weighted by atomic mass is 16.3. The van der Waals surface area contributed by atoms with Gasteiger partial charge in [0.15, 0.2) is 0 Å². The highest BCUT2D eigenvalue weighted by Gasteiger charge is 2.29. The summed E-state index contributed by atoms with van der Waals surface area (Å²) in [5.74, 6) is 0. The van der Waals surface area contributed by atoms with Gasteiger partial charge in [0, 0.05) is 12.6 Å². The van der Waals surface area contributed by atoms with Crippen LogP contribution >= 0.6 is 0 Å². The predicted octanol–water partition coefficient (Wildman–Crippen LogP) is 4.18. The molecular weight excluding hydrogens is 258 g/mol. The standard InChI is InChI=1S/C19H31NO/c1-5-15-6-8-16(9-7-15)18(21)14-20(4)17-10-12-19(2,3)13-11-17/h6-9,17-18,21H,5,10-14H2,1-4H3. The van der Waals surface area contributed by atoms with Gasteiger partial charge in [0.2, 0.25) is 0 Å². The molecule has 1 aromatic rings. The van der Waals surface area contributed by atoms with Crippen LogP contribution in [0.4, 0.5) is 0 Å². The predicted molar refractivity (Wildman–Crippen MR) is 89.4 cm³/mol. The Bertz CT molecular complexity index is 427. The van der Waals surface area contributed by atoms with Gasteiger partial charge in [-0.25, -0.2) is 0 Å². The van der Waals surface area contributed by atoms with Gasteiger partial charge in [-0.1, -0.05) is 45.0 Å². The number of aryl methyl sites for hydroxylation is 1. The fourth-order valence-corrected chi connectivity index (χ4v) is 3.33. The molecule has 1 saturated carbocycles. The minimum atomic E-state index is -0.379. The van der Waals surface area contributed by atoms with Gasteiger partial charge in [0.25, 0.3) is 0 Å². The normalized spacial score (nSPS) is 20.7. The topological polar surface area (TPSA) is 23.5 Å². The molecule has 1 aromatic carbocycles. The first-order valence-corrected chi connectivity index (χ1v) is 8.38. The van der Waals surface area contributed by atoms with Crippen LogP contribution in [0, 0.1) is 5.41 Å². The van der Waals surface area contributed by atoms with Crippen molar-refractivity contribution in [2.75, 3.05) is 13.6 Å².